The first kappa shape index (κ1) is 12.6. The number of hydrogen-bond donors (Lipinski definition) is 1. The molecule has 0 radical (unpaired) electrons. The molecule has 1 aromatic carbocycles. The van der Waals surface area contributed by atoms with Crippen molar-refractivity contribution in [3.8, 4) is 17.7 Å². The van der Waals surface area contributed by atoms with Gasteiger partial charge in [-0.2, -0.15) is 10.4 Å². The largest absolute Gasteiger partial charge is 0.438 e. The maximum absolute atomic E-state index is 11.0. The van der Waals surface area contributed by atoms with Crippen molar-refractivity contribution in [1.29, 1.82) is 5.26 Å². The van der Waals surface area contributed by atoms with E-state index >= 15 is 0 Å². The van der Waals surface area contributed by atoms with Crippen LogP contribution in [0.4, 0.5) is 0 Å². The molecule has 0 aliphatic heterocycles. The molecule has 0 spiro atoms. The number of primary amides is 1. The van der Waals surface area contributed by atoms with Crippen LogP contribution >= 0.6 is 0 Å². The molecule has 0 saturated carbocycles. The summed E-state index contributed by atoms with van der Waals surface area (Å²) >= 11 is 0. The summed E-state index contributed by atoms with van der Waals surface area (Å²) in [5.41, 5.74) is 6.55. The van der Waals surface area contributed by atoms with E-state index in [2.05, 4.69) is 11.2 Å². The summed E-state index contributed by atoms with van der Waals surface area (Å²) in [6.45, 7) is 1.74. The third-order valence-electron chi connectivity index (χ3n) is 2.63. The van der Waals surface area contributed by atoms with Gasteiger partial charge in [0.2, 0.25) is 11.8 Å². The lowest BCUT2D eigenvalue weighted by Gasteiger charge is -2.06. The topological polar surface area (TPSA) is 93.9 Å². The van der Waals surface area contributed by atoms with Crippen LogP contribution in [-0.2, 0) is 7.05 Å². The Balaban J connectivity index is 2.32. The van der Waals surface area contributed by atoms with E-state index in [-0.39, 0.29) is 0 Å². The molecule has 0 aliphatic rings. The highest BCUT2D eigenvalue weighted by Crippen LogP contribution is 2.26. The number of aryl methyl sites for hydroxylation is 2. The third kappa shape index (κ3) is 2.40. The lowest BCUT2D eigenvalue weighted by atomic mass is 10.2. The first-order valence-corrected chi connectivity index (χ1v) is 5.54. The van der Waals surface area contributed by atoms with Crippen LogP contribution in [0, 0.1) is 18.3 Å². The Bertz CT molecular complexity index is 665. The molecule has 0 atom stereocenters. The molecule has 1 aromatic heterocycles. The maximum atomic E-state index is 11.0. The number of aromatic nitrogens is 2. The predicted molar refractivity (Wildman–Crippen MR) is 67.7 cm³/mol. The van der Waals surface area contributed by atoms with Gasteiger partial charge in [-0.15, -0.1) is 0 Å². The van der Waals surface area contributed by atoms with E-state index in [1.165, 1.54) is 4.68 Å². The summed E-state index contributed by atoms with van der Waals surface area (Å²) < 4.78 is 7.11. The Morgan fingerprint density at radius 3 is 2.58 bits per heavy atom. The van der Waals surface area contributed by atoms with Crippen LogP contribution in [0.5, 0.6) is 11.6 Å². The fraction of sp³-hybridized carbons (Fsp3) is 0.154. The zero-order valence-electron chi connectivity index (χ0n) is 10.5. The molecule has 2 rings (SSSR count). The van der Waals surface area contributed by atoms with Gasteiger partial charge in [0.15, 0.2) is 0 Å². The zero-order chi connectivity index (χ0) is 14.0. The first-order chi connectivity index (χ1) is 9.02. The summed E-state index contributed by atoms with van der Waals surface area (Å²) in [5.74, 6) is 0.372. The molecular weight excluding hydrogens is 244 g/mol. The SMILES string of the molecule is Cc1nn(C)c(Oc2ccc(C(N)=O)cc2)c1C#N. The van der Waals surface area contributed by atoms with E-state index < -0.39 is 5.91 Å². The van der Waals surface area contributed by atoms with Gasteiger partial charge in [0.25, 0.3) is 0 Å². The number of nitrogens with zero attached hydrogens (tertiary/aromatic N) is 3. The number of nitriles is 1. The molecule has 0 aliphatic carbocycles. The van der Waals surface area contributed by atoms with Crippen LogP contribution in [-0.4, -0.2) is 15.7 Å². The van der Waals surface area contributed by atoms with Gasteiger partial charge in [0.05, 0.1) is 5.69 Å². The van der Waals surface area contributed by atoms with E-state index in [9.17, 15) is 4.79 Å². The number of benzene rings is 1. The van der Waals surface area contributed by atoms with Crippen molar-refractivity contribution < 1.29 is 9.53 Å². The van der Waals surface area contributed by atoms with Crippen molar-refractivity contribution in [3.05, 3.63) is 41.1 Å². The van der Waals surface area contributed by atoms with Crippen molar-refractivity contribution in [2.24, 2.45) is 12.8 Å². The number of carbonyl (C=O) groups excluding carboxylic acids is 1. The molecule has 2 N–H and O–H groups in total. The van der Waals surface area contributed by atoms with Gasteiger partial charge in [-0.25, -0.2) is 4.68 Å². The standard InChI is InChI=1S/C13H12N4O2/c1-8-11(7-14)13(17(2)16-8)19-10-5-3-9(4-6-10)12(15)18/h3-6H,1-2H3,(H2,15,18). The molecular formula is C13H12N4O2. The second kappa shape index (κ2) is 4.82. The molecule has 1 amide bonds. The average Bonchev–Trinajstić information content (AvgIpc) is 2.64. The van der Waals surface area contributed by atoms with Crippen LogP contribution in [0.1, 0.15) is 21.6 Å². The van der Waals surface area contributed by atoms with Gasteiger partial charge < -0.3 is 10.5 Å². The Morgan fingerprint density at radius 1 is 1.42 bits per heavy atom. The number of ether oxygens (including phenoxy) is 1. The highest BCUT2D eigenvalue weighted by Gasteiger charge is 2.15. The molecule has 19 heavy (non-hydrogen) atoms. The highest BCUT2D eigenvalue weighted by molar-refractivity contribution is 5.92. The second-order valence-corrected chi connectivity index (χ2v) is 3.99. The third-order valence-corrected chi connectivity index (χ3v) is 2.63. The Hall–Kier alpha value is -2.81. The van der Waals surface area contributed by atoms with Gasteiger partial charge in [-0.3, -0.25) is 4.79 Å². The van der Waals surface area contributed by atoms with Crippen molar-refractivity contribution in [2.75, 3.05) is 0 Å². The summed E-state index contributed by atoms with van der Waals surface area (Å²) in [6, 6.07) is 8.41. The number of nitrogens with two attached hydrogens (primary N) is 1. The normalized spacial score (nSPS) is 9.95. The van der Waals surface area contributed by atoms with Gasteiger partial charge in [0, 0.05) is 12.6 Å². The lowest BCUT2D eigenvalue weighted by Crippen LogP contribution is -2.10. The van der Waals surface area contributed by atoms with Crippen LogP contribution in [0.25, 0.3) is 0 Å². The van der Waals surface area contributed by atoms with Crippen molar-refractivity contribution in [1.82, 2.24) is 9.78 Å². The van der Waals surface area contributed by atoms with Gasteiger partial charge in [-0.05, 0) is 31.2 Å². The molecule has 0 saturated heterocycles. The average molecular weight is 256 g/mol. The molecule has 6 nitrogen and oxygen atoms in total. The summed E-state index contributed by atoms with van der Waals surface area (Å²) in [7, 11) is 1.70. The maximum Gasteiger partial charge on any atom is 0.248 e. The van der Waals surface area contributed by atoms with Gasteiger partial charge in [0.1, 0.15) is 17.4 Å². The molecule has 2 aromatic rings. The van der Waals surface area contributed by atoms with Crippen LogP contribution in [0.3, 0.4) is 0 Å². The molecule has 1 heterocycles. The molecule has 6 heteroatoms. The smallest absolute Gasteiger partial charge is 0.248 e. The number of hydrogen-bond acceptors (Lipinski definition) is 4. The summed E-state index contributed by atoms with van der Waals surface area (Å²) in [5, 5.41) is 13.2. The van der Waals surface area contributed by atoms with Gasteiger partial charge in [-0.1, -0.05) is 0 Å². The van der Waals surface area contributed by atoms with Gasteiger partial charge >= 0.3 is 0 Å². The zero-order valence-corrected chi connectivity index (χ0v) is 10.5. The van der Waals surface area contributed by atoms with Crippen LogP contribution in [0.15, 0.2) is 24.3 Å². The number of amides is 1. The van der Waals surface area contributed by atoms with E-state index in [1.807, 2.05) is 0 Å². The predicted octanol–water partition coefficient (Wildman–Crippen LogP) is 1.49. The monoisotopic (exact) mass is 256 g/mol. The lowest BCUT2D eigenvalue weighted by molar-refractivity contribution is 0.100. The fourth-order valence-electron chi connectivity index (χ4n) is 1.68. The molecule has 96 valence electrons. The Morgan fingerprint density at radius 2 is 2.05 bits per heavy atom. The number of carbonyl (C=O) groups is 1. The van der Waals surface area contributed by atoms with E-state index in [1.54, 1.807) is 38.2 Å². The van der Waals surface area contributed by atoms with Crippen molar-refractivity contribution in [3.63, 3.8) is 0 Å². The van der Waals surface area contributed by atoms with E-state index in [4.69, 9.17) is 15.7 Å². The fourth-order valence-corrected chi connectivity index (χ4v) is 1.68. The molecule has 0 bridgehead atoms. The summed E-state index contributed by atoms with van der Waals surface area (Å²) in [4.78, 5) is 11.0. The first-order valence-electron chi connectivity index (χ1n) is 5.54. The molecule has 0 unspecified atom stereocenters. The van der Waals surface area contributed by atoms with Crippen molar-refractivity contribution >= 4 is 5.91 Å². The Labute approximate surface area is 110 Å². The minimum atomic E-state index is -0.499. The highest BCUT2D eigenvalue weighted by atomic mass is 16.5. The quantitative estimate of drug-likeness (QED) is 0.900. The molecule has 0 fully saturated rings. The van der Waals surface area contributed by atoms with E-state index in [0.717, 1.165) is 0 Å². The number of rotatable bonds is 3. The van der Waals surface area contributed by atoms with Crippen LogP contribution < -0.4 is 10.5 Å². The second-order valence-electron chi connectivity index (χ2n) is 3.99. The summed E-state index contributed by atoms with van der Waals surface area (Å²) in [6.07, 6.45) is 0. The minimum absolute atomic E-state index is 0.367. The van der Waals surface area contributed by atoms with Crippen molar-refractivity contribution in [2.45, 2.75) is 6.92 Å². The van der Waals surface area contributed by atoms with E-state index in [0.29, 0.717) is 28.5 Å². The van der Waals surface area contributed by atoms with Crippen LogP contribution in [0.2, 0.25) is 0 Å². The Kier molecular flexibility index (Phi) is 3.21. The minimum Gasteiger partial charge on any atom is -0.438 e.